The third-order valence-corrected chi connectivity index (χ3v) is 2.60. The Morgan fingerprint density at radius 3 is 2.47 bits per heavy atom. The number of hydrogen-bond donors (Lipinski definition) is 1. The van der Waals surface area contributed by atoms with Crippen LogP contribution in [0.15, 0.2) is 24.3 Å². The third kappa shape index (κ3) is 5.00. The molecule has 3 heteroatoms. The van der Waals surface area contributed by atoms with E-state index in [-0.39, 0.29) is 12.6 Å². The largest absolute Gasteiger partial charge is 0.462 e. The fourth-order valence-corrected chi connectivity index (χ4v) is 1.52. The zero-order chi connectivity index (χ0) is 12.5. The van der Waals surface area contributed by atoms with E-state index in [4.69, 9.17) is 9.84 Å². The smallest absolute Gasteiger partial charge is 0.338 e. The minimum absolute atomic E-state index is 0.00759. The summed E-state index contributed by atoms with van der Waals surface area (Å²) in [5.41, 5.74) is 1.34. The van der Waals surface area contributed by atoms with Crippen LogP contribution in [0.2, 0.25) is 0 Å². The van der Waals surface area contributed by atoms with E-state index < -0.39 is 0 Å². The second kappa shape index (κ2) is 7.85. The minimum atomic E-state index is -0.286. The normalized spacial score (nSPS) is 10.2. The number of benzene rings is 1. The van der Waals surface area contributed by atoms with Crippen LogP contribution < -0.4 is 0 Å². The van der Waals surface area contributed by atoms with Crippen LogP contribution in [0, 0.1) is 0 Å². The van der Waals surface area contributed by atoms with Gasteiger partial charge in [0.15, 0.2) is 0 Å². The van der Waals surface area contributed by atoms with Crippen LogP contribution in [0.25, 0.3) is 0 Å². The molecule has 0 aliphatic rings. The first-order chi connectivity index (χ1) is 8.27. The fourth-order valence-electron chi connectivity index (χ4n) is 1.52. The maximum atomic E-state index is 11.6. The maximum absolute atomic E-state index is 11.6. The molecule has 0 unspecified atom stereocenters. The molecule has 0 bridgehead atoms. The van der Waals surface area contributed by atoms with Crippen molar-refractivity contribution in [2.45, 2.75) is 39.2 Å². The van der Waals surface area contributed by atoms with Gasteiger partial charge in [0.05, 0.1) is 18.8 Å². The van der Waals surface area contributed by atoms with E-state index in [2.05, 4.69) is 6.92 Å². The van der Waals surface area contributed by atoms with Crippen molar-refractivity contribution in [1.82, 2.24) is 0 Å². The van der Waals surface area contributed by atoms with E-state index in [0.717, 1.165) is 18.4 Å². The first kappa shape index (κ1) is 13.7. The molecule has 0 aliphatic heterocycles. The van der Waals surface area contributed by atoms with Gasteiger partial charge in [-0.25, -0.2) is 4.79 Å². The molecular weight excluding hydrogens is 216 g/mol. The van der Waals surface area contributed by atoms with Crippen LogP contribution in [-0.4, -0.2) is 17.7 Å². The molecule has 1 aromatic rings. The highest BCUT2D eigenvalue weighted by atomic mass is 16.5. The van der Waals surface area contributed by atoms with Crippen molar-refractivity contribution in [2.75, 3.05) is 6.61 Å². The zero-order valence-electron chi connectivity index (χ0n) is 10.3. The number of ether oxygens (including phenoxy) is 1. The van der Waals surface area contributed by atoms with Crippen LogP contribution in [0.3, 0.4) is 0 Å². The Morgan fingerprint density at radius 1 is 1.18 bits per heavy atom. The second-order valence-electron chi connectivity index (χ2n) is 4.05. The number of unbranched alkanes of at least 4 members (excludes halogenated alkanes) is 3. The standard InChI is InChI=1S/C14H20O3/c1-2-3-4-5-10-17-14(16)13-8-6-12(11-15)7-9-13/h6-9,15H,2-5,10-11H2,1H3. The van der Waals surface area contributed by atoms with Gasteiger partial charge in [0.2, 0.25) is 0 Å². The average Bonchev–Trinajstić information content (AvgIpc) is 2.38. The molecule has 0 amide bonds. The molecule has 1 aromatic carbocycles. The predicted molar refractivity (Wildman–Crippen MR) is 66.8 cm³/mol. The van der Waals surface area contributed by atoms with Crippen molar-refractivity contribution in [1.29, 1.82) is 0 Å². The quantitative estimate of drug-likeness (QED) is 0.585. The molecule has 0 fully saturated rings. The lowest BCUT2D eigenvalue weighted by Gasteiger charge is -2.05. The number of aliphatic hydroxyl groups is 1. The second-order valence-corrected chi connectivity index (χ2v) is 4.05. The summed E-state index contributed by atoms with van der Waals surface area (Å²) in [6.07, 6.45) is 4.39. The predicted octanol–water partition coefficient (Wildman–Crippen LogP) is 2.92. The molecule has 0 saturated heterocycles. The topological polar surface area (TPSA) is 46.5 Å². The molecule has 17 heavy (non-hydrogen) atoms. The molecular formula is C14H20O3. The summed E-state index contributed by atoms with van der Waals surface area (Å²) in [7, 11) is 0. The zero-order valence-corrected chi connectivity index (χ0v) is 10.3. The lowest BCUT2D eigenvalue weighted by Crippen LogP contribution is -2.06. The maximum Gasteiger partial charge on any atom is 0.338 e. The van der Waals surface area contributed by atoms with Gasteiger partial charge in [-0.05, 0) is 24.1 Å². The van der Waals surface area contributed by atoms with Gasteiger partial charge >= 0.3 is 5.97 Å². The SMILES string of the molecule is CCCCCCOC(=O)c1ccc(CO)cc1. The molecule has 0 aliphatic carbocycles. The summed E-state index contributed by atoms with van der Waals surface area (Å²) in [5.74, 6) is -0.286. The monoisotopic (exact) mass is 236 g/mol. The van der Waals surface area contributed by atoms with E-state index in [1.807, 2.05) is 0 Å². The summed E-state index contributed by atoms with van der Waals surface area (Å²) < 4.78 is 5.15. The molecule has 3 nitrogen and oxygen atoms in total. The Kier molecular flexibility index (Phi) is 6.33. The Bertz CT molecular complexity index is 330. The van der Waals surface area contributed by atoms with Crippen molar-refractivity contribution >= 4 is 5.97 Å². The Morgan fingerprint density at radius 2 is 1.88 bits per heavy atom. The van der Waals surface area contributed by atoms with Gasteiger partial charge in [-0.15, -0.1) is 0 Å². The minimum Gasteiger partial charge on any atom is -0.462 e. The van der Waals surface area contributed by atoms with Crippen molar-refractivity contribution in [3.05, 3.63) is 35.4 Å². The van der Waals surface area contributed by atoms with Gasteiger partial charge in [-0.1, -0.05) is 38.3 Å². The van der Waals surface area contributed by atoms with Gasteiger partial charge in [0.25, 0.3) is 0 Å². The number of rotatable bonds is 7. The summed E-state index contributed by atoms with van der Waals surface area (Å²) in [4.78, 5) is 11.6. The highest BCUT2D eigenvalue weighted by Crippen LogP contribution is 2.07. The molecule has 1 N–H and O–H groups in total. The number of hydrogen-bond acceptors (Lipinski definition) is 3. The Labute approximate surface area is 102 Å². The fraction of sp³-hybridized carbons (Fsp3) is 0.500. The van der Waals surface area contributed by atoms with Gasteiger partial charge < -0.3 is 9.84 Å². The van der Waals surface area contributed by atoms with Gasteiger partial charge in [-0.3, -0.25) is 0 Å². The van der Waals surface area contributed by atoms with Crippen molar-refractivity contribution in [3.63, 3.8) is 0 Å². The number of carbonyl (C=O) groups is 1. The summed E-state index contributed by atoms with van der Waals surface area (Å²) in [6, 6.07) is 6.82. The van der Waals surface area contributed by atoms with E-state index >= 15 is 0 Å². The molecule has 1 rings (SSSR count). The first-order valence-corrected chi connectivity index (χ1v) is 6.15. The average molecular weight is 236 g/mol. The molecule has 0 heterocycles. The Hall–Kier alpha value is -1.35. The van der Waals surface area contributed by atoms with Crippen molar-refractivity contribution in [3.8, 4) is 0 Å². The summed E-state index contributed by atoms with van der Waals surface area (Å²) >= 11 is 0. The van der Waals surface area contributed by atoms with Crippen LogP contribution in [0.4, 0.5) is 0 Å². The molecule has 0 spiro atoms. The molecule has 0 saturated carbocycles. The van der Waals surface area contributed by atoms with Crippen LogP contribution in [0.1, 0.15) is 48.5 Å². The number of aliphatic hydroxyl groups excluding tert-OH is 1. The van der Waals surface area contributed by atoms with Crippen LogP contribution in [-0.2, 0) is 11.3 Å². The van der Waals surface area contributed by atoms with E-state index in [1.54, 1.807) is 24.3 Å². The van der Waals surface area contributed by atoms with Crippen LogP contribution in [0.5, 0.6) is 0 Å². The van der Waals surface area contributed by atoms with Crippen molar-refractivity contribution in [2.24, 2.45) is 0 Å². The molecule has 0 atom stereocenters. The third-order valence-electron chi connectivity index (χ3n) is 2.60. The molecule has 94 valence electrons. The highest BCUT2D eigenvalue weighted by Gasteiger charge is 2.06. The van der Waals surface area contributed by atoms with E-state index in [0.29, 0.717) is 12.2 Å². The number of esters is 1. The molecule has 0 radical (unpaired) electrons. The molecule has 0 aromatic heterocycles. The highest BCUT2D eigenvalue weighted by molar-refractivity contribution is 5.89. The lowest BCUT2D eigenvalue weighted by atomic mass is 10.1. The lowest BCUT2D eigenvalue weighted by molar-refractivity contribution is 0.0497. The number of carbonyl (C=O) groups excluding carboxylic acids is 1. The summed E-state index contributed by atoms with van der Waals surface area (Å²) in [6.45, 7) is 2.63. The van der Waals surface area contributed by atoms with E-state index in [9.17, 15) is 4.79 Å². The first-order valence-electron chi connectivity index (χ1n) is 6.15. The van der Waals surface area contributed by atoms with Crippen LogP contribution >= 0.6 is 0 Å². The van der Waals surface area contributed by atoms with Gasteiger partial charge in [0.1, 0.15) is 0 Å². The summed E-state index contributed by atoms with van der Waals surface area (Å²) in [5, 5.41) is 8.87. The van der Waals surface area contributed by atoms with E-state index in [1.165, 1.54) is 12.8 Å². The van der Waals surface area contributed by atoms with Gasteiger partial charge in [-0.2, -0.15) is 0 Å². The van der Waals surface area contributed by atoms with Gasteiger partial charge in [0, 0.05) is 0 Å². The Balaban J connectivity index is 2.31. The van der Waals surface area contributed by atoms with Crippen molar-refractivity contribution < 1.29 is 14.6 Å².